The van der Waals surface area contributed by atoms with Crippen molar-refractivity contribution in [1.82, 2.24) is 14.8 Å². The number of anilines is 1. The first-order valence-corrected chi connectivity index (χ1v) is 9.73. The number of nitrogens with zero attached hydrogens (tertiary/aromatic N) is 4. The van der Waals surface area contributed by atoms with Gasteiger partial charge in [-0.15, -0.1) is 0 Å². The van der Waals surface area contributed by atoms with Crippen molar-refractivity contribution in [2.75, 3.05) is 12.4 Å². The van der Waals surface area contributed by atoms with Crippen LogP contribution < -0.4 is 5.32 Å². The Kier molecular flexibility index (Phi) is 5.86. The summed E-state index contributed by atoms with van der Waals surface area (Å²) in [4.78, 5) is 8.30. The number of pyridine rings is 1. The van der Waals surface area contributed by atoms with Gasteiger partial charge in [0.15, 0.2) is 0 Å². The van der Waals surface area contributed by atoms with E-state index in [-0.39, 0.29) is 5.82 Å². The second-order valence-corrected chi connectivity index (χ2v) is 7.00. The predicted molar refractivity (Wildman–Crippen MR) is 119 cm³/mol. The summed E-state index contributed by atoms with van der Waals surface area (Å²) >= 11 is 6.09. The third-order valence-electron chi connectivity index (χ3n) is 4.60. The van der Waals surface area contributed by atoms with Crippen LogP contribution in [0, 0.1) is 5.82 Å². The first kappa shape index (κ1) is 19.8. The topological polar surface area (TPSA) is 55.1 Å². The maximum atomic E-state index is 13.9. The van der Waals surface area contributed by atoms with Gasteiger partial charge in [-0.2, -0.15) is 5.10 Å². The van der Waals surface area contributed by atoms with Crippen LogP contribution >= 0.6 is 11.6 Å². The largest absolute Gasteiger partial charge is 0.381 e. The molecule has 0 atom stereocenters. The standard InChI is InChI=1S/C23H19ClFN5/c1-26-14-19-12-23(16-4-3-11-27-13-16)29-30(19)18-9-7-17(8-10-18)28-15-20-21(24)5-2-6-22(20)25/h2-14,28H,15H2,1H3. The molecule has 30 heavy (non-hydrogen) atoms. The van der Waals surface area contributed by atoms with Crippen LogP contribution in [0.5, 0.6) is 0 Å². The first-order chi connectivity index (χ1) is 14.7. The molecule has 4 rings (SSSR count). The molecule has 0 unspecified atom stereocenters. The number of hydrogen-bond donors (Lipinski definition) is 1. The van der Waals surface area contributed by atoms with Gasteiger partial charge in [0.1, 0.15) is 5.82 Å². The fraction of sp³-hybridized carbons (Fsp3) is 0.0870. The molecule has 0 aliphatic carbocycles. The Morgan fingerprint density at radius 3 is 2.67 bits per heavy atom. The molecule has 5 nitrogen and oxygen atoms in total. The summed E-state index contributed by atoms with van der Waals surface area (Å²) in [5.41, 5.74) is 4.78. The van der Waals surface area contributed by atoms with Crippen molar-refractivity contribution in [2.24, 2.45) is 4.99 Å². The van der Waals surface area contributed by atoms with E-state index in [1.54, 1.807) is 37.8 Å². The third-order valence-corrected chi connectivity index (χ3v) is 4.95. The summed E-state index contributed by atoms with van der Waals surface area (Å²) in [5.74, 6) is -0.324. The van der Waals surface area contributed by atoms with E-state index in [9.17, 15) is 4.39 Å². The Bertz CT molecular complexity index is 1150. The molecule has 0 aliphatic heterocycles. The summed E-state index contributed by atoms with van der Waals surface area (Å²) < 4.78 is 15.8. The minimum Gasteiger partial charge on any atom is -0.381 e. The van der Waals surface area contributed by atoms with Crippen LogP contribution in [0.2, 0.25) is 5.02 Å². The van der Waals surface area contributed by atoms with Crippen molar-refractivity contribution in [3.05, 3.63) is 95.2 Å². The molecule has 0 spiro atoms. The average molecular weight is 420 g/mol. The lowest BCUT2D eigenvalue weighted by atomic mass is 10.2. The highest BCUT2D eigenvalue weighted by Crippen LogP contribution is 2.23. The van der Waals surface area contributed by atoms with Crippen LogP contribution in [-0.4, -0.2) is 28.0 Å². The van der Waals surface area contributed by atoms with Gasteiger partial charge >= 0.3 is 0 Å². The Labute approximate surface area is 178 Å². The van der Waals surface area contributed by atoms with Gasteiger partial charge in [0.25, 0.3) is 0 Å². The van der Waals surface area contributed by atoms with E-state index >= 15 is 0 Å². The molecule has 0 radical (unpaired) electrons. The zero-order valence-electron chi connectivity index (χ0n) is 16.3. The highest BCUT2D eigenvalue weighted by molar-refractivity contribution is 6.31. The van der Waals surface area contributed by atoms with Crippen LogP contribution in [0.15, 0.2) is 78.0 Å². The monoisotopic (exact) mass is 419 g/mol. The maximum Gasteiger partial charge on any atom is 0.129 e. The molecule has 1 N–H and O–H groups in total. The van der Waals surface area contributed by atoms with Gasteiger partial charge in [-0.05, 0) is 54.6 Å². The molecule has 0 saturated carbocycles. The molecule has 2 aromatic carbocycles. The molecule has 150 valence electrons. The second-order valence-electron chi connectivity index (χ2n) is 6.60. The molecule has 2 heterocycles. The van der Waals surface area contributed by atoms with Crippen molar-refractivity contribution >= 4 is 23.5 Å². The van der Waals surface area contributed by atoms with Gasteiger partial charge < -0.3 is 5.32 Å². The molecule has 0 aliphatic rings. The van der Waals surface area contributed by atoms with E-state index in [1.165, 1.54) is 6.07 Å². The summed E-state index contributed by atoms with van der Waals surface area (Å²) in [5, 5.41) is 8.32. The zero-order chi connectivity index (χ0) is 20.9. The lowest BCUT2D eigenvalue weighted by molar-refractivity contribution is 0.613. The molecule has 4 aromatic rings. The van der Waals surface area contributed by atoms with Crippen molar-refractivity contribution in [2.45, 2.75) is 6.54 Å². The van der Waals surface area contributed by atoms with Gasteiger partial charge in [-0.25, -0.2) is 9.07 Å². The molecule has 0 fully saturated rings. The molecule has 0 amide bonds. The lowest BCUT2D eigenvalue weighted by Gasteiger charge is -2.10. The number of aliphatic imine (C=N–C) groups is 1. The van der Waals surface area contributed by atoms with Crippen molar-refractivity contribution in [1.29, 1.82) is 0 Å². The summed E-state index contributed by atoms with van der Waals surface area (Å²) in [6.07, 6.45) is 5.27. The summed E-state index contributed by atoms with van der Waals surface area (Å²) in [6.45, 7) is 0.297. The average Bonchev–Trinajstić information content (AvgIpc) is 3.19. The van der Waals surface area contributed by atoms with Gasteiger partial charge in [0, 0.05) is 54.0 Å². The normalized spacial score (nSPS) is 11.2. The Morgan fingerprint density at radius 2 is 1.97 bits per heavy atom. The van der Waals surface area contributed by atoms with Crippen LogP contribution in [0.4, 0.5) is 10.1 Å². The highest BCUT2D eigenvalue weighted by atomic mass is 35.5. The smallest absolute Gasteiger partial charge is 0.129 e. The second kappa shape index (κ2) is 8.88. The van der Waals surface area contributed by atoms with E-state index in [0.717, 1.165) is 28.3 Å². The molecule has 7 heteroatoms. The van der Waals surface area contributed by atoms with E-state index in [2.05, 4.69) is 15.3 Å². The number of benzene rings is 2. The Balaban J connectivity index is 1.57. The fourth-order valence-electron chi connectivity index (χ4n) is 3.09. The van der Waals surface area contributed by atoms with E-state index in [1.807, 2.05) is 47.1 Å². The van der Waals surface area contributed by atoms with Crippen LogP contribution in [0.25, 0.3) is 16.9 Å². The van der Waals surface area contributed by atoms with Gasteiger partial charge in [-0.3, -0.25) is 9.98 Å². The lowest BCUT2D eigenvalue weighted by Crippen LogP contribution is -2.04. The fourth-order valence-corrected chi connectivity index (χ4v) is 3.32. The maximum absolute atomic E-state index is 13.9. The Morgan fingerprint density at radius 1 is 1.13 bits per heavy atom. The summed E-state index contributed by atoms with van der Waals surface area (Å²) in [6, 6.07) is 18.2. The highest BCUT2D eigenvalue weighted by Gasteiger charge is 2.11. The zero-order valence-corrected chi connectivity index (χ0v) is 17.0. The van der Waals surface area contributed by atoms with E-state index in [4.69, 9.17) is 16.7 Å². The quantitative estimate of drug-likeness (QED) is 0.426. The van der Waals surface area contributed by atoms with E-state index in [0.29, 0.717) is 17.1 Å². The minimum absolute atomic E-state index is 0.297. The number of hydrogen-bond acceptors (Lipinski definition) is 4. The molecule has 0 bridgehead atoms. The van der Waals surface area contributed by atoms with Crippen LogP contribution in [0.3, 0.4) is 0 Å². The SMILES string of the molecule is CN=Cc1cc(-c2cccnc2)nn1-c1ccc(NCc2c(F)cccc2Cl)cc1. The van der Waals surface area contributed by atoms with Crippen molar-refractivity contribution in [3.8, 4) is 16.9 Å². The van der Waals surface area contributed by atoms with Gasteiger partial charge in [0.05, 0.1) is 17.1 Å². The molecule has 2 aromatic heterocycles. The Hall–Kier alpha value is -3.51. The first-order valence-electron chi connectivity index (χ1n) is 9.35. The van der Waals surface area contributed by atoms with Gasteiger partial charge in [-0.1, -0.05) is 17.7 Å². The van der Waals surface area contributed by atoms with Crippen molar-refractivity contribution < 1.29 is 4.39 Å². The number of rotatable bonds is 6. The van der Waals surface area contributed by atoms with Crippen molar-refractivity contribution in [3.63, 3.8) is 0 Å². The van der Waals surface area contributed by atoms with E-state index < -0.39 is 0 Å². The third kappa shape index (κ3) is 4.23. The molecule has 0 saturated heterocycles. The number of aromatic nitrogens is 3. The number of nitrogens with one attached hydrogen (secondary N) is 1. The summed E-state index contributed by atoms with van der Waals surface area (Å²) in [7, 11) is 1.72. The van der Waals surface area contributed by atoms with Crippen LogP contribution in [-0.2, 0) is 6.54 Å². The van der Waals surface area contributed by atoms with Crippen LogP contribution in [0.1, 0.15) is 11.3 Å². The molecular formula is C23H19ClFN5. The number of halogens is 2. The minimum atomic E-state index is -0.324. The predicted octanol–water partition coefficient (Wildman–Crippen LogP) is 5.39. The molecular weight excluding hydrogens is 401 g/mol. The van der Waals surface area contributed by atoms with Gasteiger partial charge in [0.2, 0.25) is 0 Å².